The van der Waals surface area contributed by atoms with Crippen molar-refractivity contribution in [3.8, 4) is 28.0 Å². The molecule has 2 radical (unpaired) electrons. The predicted octanol–water partition coefficient (Wildman–Crippen LogP) is 9.12. The highest BCUT2D eigenvalue weighted by atomic mass is 16.5. The van der Waals surface area contributed by atoms with Crippen LogP contribution in [0.5, 0.6) is 5.75 Å². The van der Waals surface area contributed by atoms with Gasteiger partial charge in [-0.1, -0.05) is 129 Å². The third-order valence-corrected chi connectivity index (χ3v) is 7.04. The van der Waals surface area contributed by atoms with Crippen LogP contribution in [0.25, 0.3) is 45.2 Å². The fourth-order valence-corrected chi connectivity index (χ4v) is 5.28. The topological polar surface area (TPSA) is 9.23 Å². The van der Waals surface area contributed by atoms with E-state index in [4.69, 9.17) is 12.6 Å². The Morgan fingerprint density at radius 1 is 0.757 bits per heavy atom. The SMILES string of the molecule is [B]C1(C)C=Cc2c(c(-c3cccc4c3OC(=C)/C=C\C=C/C4)c3ccccc3c2-c2ccccc2)C=C1. The minimum Gasteiger partial charge on any atom is -0.457 e. The second-order valence-corrected chi connectivity index (χ2v) is 9.88. The summed E-state index contributed by atoms with van der Waals surface area (Å²) in [6.07, 6.45) is 17.4. The molecule has 1 heterocycles. The lowest BCUT2D eigenvalue weighted by Gasteiger charge is -2.22. The van der Waals surface area contributed by atoms with Crippen molar-refractivity contribution in [2.24, 2.45) is 0 Å². The first kappa shape index (κ1) is 23.1. The molecule has 0 saturated carbocycles. The van der Waals surface area contributed by atoms with Gasteiger partial charge in [-0.2, -0.15) is 0 Å². The van der Waals surface area contributed by atoms with Gasteiger partial charge in [-0.3, -0.25) is 0 Å². The number of benzene rings is 4. The molecular weight excluding hydrogens is 447 g/mol. The third kappa shape index (κ3) is 4.30. The molecule has 1 aliphatic carbocycles. The smallest absolute Gasteiger partial charge is 0.138 e. The highest BCUT2D eigenvalue weighted by Gasteiger charge is 2.24. The molecule has 4 aromatic rings. The van der Waals surface area contributed by atoms with Gasteiger partial charge in [0.25, 0.3) is 0 Å². The molecule has 2 heteroatoms. The van der Waals surface area contributed by atoms with Crippen molar-refractivity contribution in [2.45, 2.75) is 18.7 Å². The van der Waals surface area contributed by atoms with Gasteiger partial charge in [-0.15, -0.1) is 0 Å². The number of ether oxygens (including phenoxy) is 1. The van der Waals surface area contributed by atoms with E-state index in [0.717, 1.165) is 40.0 Å². The molecule has 1 aliphatic heterocycles. The summed E-state index contributed by atoms with van der Waals surface area (Å²) in [5, 5.41) is 1.81. The van der Waals surface area contributed by atoms with Gasteiger partial charge in [0.1, 0.15) is 11.5 Å². The Morgan fingerprint density at radius 3 is 2.19 bits per heavy atom. The summed E-state index contributed by atoms with van der Waals surface area (Å²) in [6.45, 7) is 6.17. The van der Waals surface area contributed by atoms with Gasteiger partial charge in [-0.25, -0.2) is 0 Å². The monoisotopic (exact) mass is 474 g/mol. The first-order valence-corrected chi connectivity index (χ1v) is 12.7. The van der Waals surface area contributed by atoms with E-state index in [1.54, 1.807) is 0 Å². The second-order valence-electron chi connectivity index (χ2n) is 9.88. The number of hydrogen-bond donors (Lipinski definition) is 0. The normalized spacial score (nSPS) is 20.1. The van der Waals surface area contributed by atoms with Crippen LogP contribution < -0.4 is 4.74 Å². The maximum absolute atomic E-state index is 6.62. The van der Waals surface area contributed by atoms with Crippen LogP contribution in [-0.4, -0.2) is 7.85 Å². The van der Waals surface area contributed by atoms with Gasteiger partial charge in [0.15, 0.2) is 0 Å². The van der Waals surface area contributed by atoms with E-state index in [0.29, 0.717) is 5.76 Å². The Kier molecular flexibility index (Phi) is 5.81. The van der Waals surface area contributed by atoms with Crippen LogP contribution in [-0.2, 0) is 6.42 Å². The maximum Gasteiger partial charge on any atom is 0.138 e. The third-order valence-electron chi connectivity index (χ3n) is 7.04. The van der Waals surface area contributed by atoms with Crippen molar-refractivity contribution in [3.63, 3.8) is 0 Å². The molecule has 1 atom stereocenters. The minimum absolute atomic E-state index is 0.555. The van der Waals surface area contributed by atoms with E-state index in [-0.39, 0.29) is 0 Å². The highest BCUT2D eigenvalue weighted by Crippen LogP contribution is 2.48. The molecule has 37 heavy (non-hydrogen) atoms. The molecule has 0 spiro atoms. The van der Waals surface area contributed by atoms with Crippen LogP contribution >= 0.6 is 0 Å². The molecule has 1 nitrogen and oxygen atoms in total. The predicted molar refractivity (Wildman–Crippen MR) is 159 cm³/mol. The second kappa shape index (κ2) is 9.30. The van der Waals surface area contributed by atoms with Crippen LogP contribution in [0.3, 0.4) is 0 Å². The van der Waals surface area contributed by atoms with Gasteiger partial charge in [-0.05, 0) is 56.4 Å². The quantitative estimate of drug-likeness (QED) is 0.263. The Hall–Kier alpha value is -4.30. The standard InChI is InChI=1S/C35H27BO/c1-24-12-5-3-8-15-26-16-11-19-31(34(26)37-24)33-28-18-10-9-17-27(28)32(25-13-6-4-7-14-25)29-20-22-35(2,36)23-21-30(29)33/h3-14,16-23H,1,15H2,2H3/b8-3-,12-5-. The molecule has 6 rings (SSSR count). The van der Waals surface area contributed by atoms with Gasteiger partial charge >= 0.3 is 0 Å². The lowest BCUT2D eigenvalue weighted by atomic mass is 9.70. The van der Waals surface area contributed by atoms with Gasteiger partial charge < -0.3 is 4.74 Å². The van der Waals surface area contributed by atoms with Crippen molar-refractivity contribution in [1.29, 1.82) is 0 Å². The fourth-order valence-electron chi connectivity index (χ4n) is 5.28. The van der Waals surface area contributed by atoms with Crippen molar-refractivity contribution in [2.75, 3.05) is 0 Å². The van der Waals surface area contributed by atoms with E-state index in [9.17, 15) is 0 Å². The number of para-hydroxylation sites is 1. The van der Waals surface area contributed by atoms with E-state index in [2.05, 4.69) is 110 Å². The first-order chi connectivity index (χ1) is 18.0. The average molecular weight is 474 g/mol. The Morgan fingerprint density at radius 2 is 1.43 bits per heavy atom. The fraction of sp³-hybridized carbons (Fsp3) is 0.0857. The summed E-state index contributed by atoms with van der Waals surface area (Å²) in [5.41, 5.74) is 8.00. The lowest BCUT2D eigenvalue weighted by molar-refractivity contribution is 0.444. The zero-order valence-electron chi connectivity index (χ0n) is 20.9. The molecule has 4 aromatic carbocycles. The van der Waals surface area contributed by atoms with Crippen molar-refractivity contribution >= 4 is 30.8 Å². The molecule has 0 N–H and O–H groups in total. The molecular formula is C35H27BO. The largest absolute Gasteiger partial charge is 0.457 e. The van der Waals surface area contributed by atoms with Crippen molar-refractivity contribution in [1.82, 2.24) is 0 Å². The maximum atomic E-state index is 6.62. The molecule has 0 fully saturated rings. The van der Waals surface area contributed by atoms with Gasteiger partial charge in [0, 0.05) is 11.1 Å². The lowest BCUT2D eigenvalue weighted by Crippen LogP contribution is -2.01. The van der Waals surface area contributed by atoms with Crippen molar-refractivity contribution in [3.05, 3.63) is 138 Å². The molecule has 0 saturated heterocycles. The van der Waals surface area contributed by atoms with E-state index in [1.165, 1.54) is 21.9 Å². The van der Waals surface area contributed by atoms with Crippen LogP contribution in [0.1, 0.15) is 23.6 Å². The zero-order valence-corrected chi connectivity index (χ0v) is 20.9. The van der Waals surface area contributed by atoms with Crippen LogP contribution in [0.15, 0.2) is 122 Å². The minimum atomic E-state index is -0.555. The molecule has 1 unspecified atom stereocenters. The van der Waals surface area contributed by atoms with Gasteiger partial charge in [0.05, 0.1) is 7.85 Å². The summed E-state index contributed by atoms with van der Waals surface area (Å²) in [5.74, 6) is 1.46. The van der Waals surface area contributed by atoms with Crippen LogP contribution in [0, 0.1) is 0 Å². The Labute approximate surface area is 220 Å². The number of allylic oxidation sites excluding steroid dienone is 6. The highest BCUT2D eigenvalue weighted by molar-refractivity contribution is 6.20. The Bertz CT molecular complexity index is 1650. The van der Waals surface area contributed by atoms with E-state index >= 15 is 0 Å². The van der Waals surface area contributed by atoms with E-state index < -0.39 is 5.31 Å². The first-order valence-electron chi connectivity index (χ1n) is 12.7. The summed E-state index contributed by atoms with van der Waals surface area (Å²) in [4.78, 5) is 0. The number of fused-ring (bicyclic) bond motifs is 3. The molecule has 0 amide bonds. The summed E-state index contributed by atoms with van der Waals surface area (Å²) in [7, 11) is 6.62. The molecule has 0 aromatic heterocycles. The zero-order chi connectivity index (χ0) is 25.4. The Balaban J connectivity index is 1.75. The van der Waals surface area contributed by atoms with Crippen LogP contribution in [0.2, 0.25) is 5.31 Å². The number of hydrogen-bond acceptors (Lipinski definition) is 1. The number of rotatable bonds is 2. The molecule has 2 aliphatic rings. The average Bonchev–Trinajstić information content (AvgIpc) is 2.99. The molecule has 176 valence electrons. The van der Waals surface area contributed by atoms with E-state index in [1.807, 2.05) is 25.2 Å². The summed E-state index contributed by atoms with van der Waals surface area (Å²) >= 11 is 0. The van der Waals surface area contributed by atoms with Gasteiger partial charge in [0.2, 0.25) is 0 Å². The van der Waals surface area contributed by atoms with Crippen molar-refractivity contribution < 1.29 is 4.74 Å². The summed E-state index contributed by atoms with van der Waals surface area (Å²) < 4.78 is 6.44. The van der Waals surface area contributed by atoms with Crippen LogP contribution in [0.4, 0.5) is 0 Å². The summed E-state index contributed by atoms with van der Waals surface area (Å²) in [6, 6.07) is 25.7. The molecule has 0 bridgehead atoms.